The minimum Gasteiger partial charge on any atom is -0.465 e. The molecule has 0 aromatic rings. The van der Waals surface area contributed by atoms with Crippen LogP contribution in [0.3, 0.4) is 0 Å². The molecular weight excluding hydrogens is 192 g/mol. The molecule has 0 amide bonds. The third-order valence-electron chi connectivity index (χ3n) is 1.99. The van der Waals surface area contributed by atoms with Gasteiger partial charge >= 0.3 is 0 Å². The van der Waals surface area contributed by atoms with Gasteiger partial charge in [0.05, 0.1) is 0 Å². The fourth-order valence-electron chi connectivity index (χ4n) is 0.859. The lowest BCUT2D eigenvalue weighted by atomic mass is 10.0. The summed E-state index contributed by atoms with van der Waals surface area (Å²) in [5.74, 6) is 0. The van der Waals surface area contributed by atoms with E-state index in [9.17, 15) is 0 Å². The summed E-state index contributed by atoms with van der Waals surface area (Å²) in [7, 11) is -0.400. The highest BCUT2D eigenvalue weighted by molar-refractivity contribution is 6.42. The van der Waals surface area contributed by atoms with Crippen molar-refractivity contribution in [1.82, 2.24) is 0 Å². The lowest BCUT2D eigenvalue weighted by molar-refractivity contribution is 0.435. The zero-order valence-corrected chi connectivity index (χ0v) is 13.1. The van der Waals surface area contributed by atoms with Crippen LogP contribution in [0.15, 0.2) is 0 Å². The van der Waals surface area contributed by atoms with E-state index in [0.717, 1.165) is 0 Å². The fourth-order valence-corrected chi connectivity index (χ4v) is 4.05. The van der Waals surface area contributed by atoms with Crippen LogP contribution in [0.1, 0.15) is 41.5 Å². The Bertz CT molecular complexity index is 117. The van der Waals surface area contributed by atoms with Crippen LogP contribution in [0.25, 0.3) is 0 Å². The van der Waals surface area contributed by atoms with E-state index < -0.39 is 0 Å². The second-order valence-electron chi connectivity index (χ2n) is 6.23. The minimum absolute atomic E-state index is 0.200. The second kappa shape index (κ2) is 5.32. The molecule has 0 spiro atoms. The molecule has 0 heterocycles. The zero-order valence-electron chi connectivity index (χ0n) is 10.2. The predicted molar refractivity (Wildman–Crippen MR) is 66.7 cm³/mol. The molecule has 0 atom stereocenters. The van der Waals surface area contributed by atoms with Crippen LogP contribution in [0.2, 0.25) is 12.1 Å². The van der Waals surface area contributed by atoms with Crippen LogP contribution < -0.4 is 0 Å². The smallest absolute Gasteiger partial charge is 0.146 e. The molecule has 13 heavy (non-hydrogen) atoms. The van der Waals surface area contributed by atoms with Gasteiger partial charge in [0, 0.05) is 0 Å². The van der Waals surface area contributed by atoms with E-state index in [2.05, 4.69) is 41.5 Å². The standard InChI is InChI=1S/C10H26OSi2/c1-9(2,3)7-12-11-13-8-10(4,5)6/h7-8,12-13H2,1-6H3. The Balaban J connectivity index is 3.28. The minimum atomic E-state index is -0.200. The normalized spacial score (nSPS) is 15.2. The van der Waals surface area contributed by atoms with E-state index in [1.54, 1.807) is 0 Å². The van der Waals surface area contributed by atoms with E-state index in [4.69, 9.17) is 4.12 Å². The Labute approximate surface area is 88.5 Å². The Morgan fingerprint density at radius 2 is 1.08 bits per heavy atom. The average molecular weight is 218 g/mol. The highest BCUT2D eigenvalue weighted by Gasteiger charge is 2.12. The Morgan fingerprint density at radius 3 is 1.31 bits per heavy atom. The van der Waals surface area contributed by atoms with Crippen LogP contribution in [0.5, 0.6) is 0 Å². The summed E-state index contributed by atoms with van der Waals surface area (Å²) in [4.78, 5) is 0. The third kappa shape index (κ3) is 12.4. The number of hydrogen-bond donors (Lipinski definition) is 0. The molecule has 3 heteroatoms. The molecule has 0 aromatic carbocycles. The summed E-state index contributed by atoms with van der Waals surface area (Å²) < 4.78 is 5.86. The first-order valence-electron chi connectivity index (χ1n) is 5.28. The molecule has 0 bridgehead atoms. The van der Waals surface area contributed by atoms with Gasteiger partial charge in [-0.25, -0.2) is 0 Å². The van der Waals surface area contributed by atoms with Crippen molar-refractivity contribution in [2.75, 3.05) is 0 Å². The van der Waals surface area contributed by atoms with Crippen molar-refractivity contribution >= 4 is 19.5 Å². The summed E-state index contributed by atoms with van der Waals surface area (Å²) in [6.45, 7) is 13.8. The maximum absolute atomic E-state index is 5.86. The Morgan fingerprint density at radius 1 is 0.769 bits per heavy atom. The molecule has 0 aliphatic heterocycles. The quantitative estimate of drug-likeness (QED) is 0.519. The molecular formula is C10H26OSi2. The fraction of sp³-hybridized carbons (Fsp3) is 1.00. The largest absolute Gasteiger partial charge is 0.465 e. The lowest BCUT2D eigenvalue weighted by Gasteiger charge is -2.20. The van der Waals surface area contributed by atoms with Gasteiger partial charge in [-0.2, -0.15) is 0 Å². The van der Waals surface area contributed by atoms with Gasteiger partial charge < -0.3 is 4.12 Å². The summed E-state index contributed by atoms with van der Waals surface area (Å²) in [6.07, 6.45) is 0. The lowest BCUT2D eigenvalue weighted by Crippen LogP contribution is -2.16. The SMILES string of the molecule is CC(C)(C)C[SiH2]O[SiH2]CC(C)(C)C. The maximum Gasteiger partial charge on any atom is 0.146 e. The van der Waals surface area contributed by atoms with Gasteiger partial charge in [0.2, 0.25) is 0 Å². The number of rotatable bonds is 4. The van der Waals surface area contributed by atoms with Crippen molar-refractivity contribution in [3.63, 3.8) is 0 Å². The topological polar surface area (TPSA) is 9.23 Å². The Kier molecular flexibility index (Phi) is 5.48. The highest BCUT2D eigenvalue weighted by atomic mass is 28.3. The molecule has 0 unspecified atom stereocenters. The highest BCUT2D eigenvalue weighted by Crippen LogP contribution is 2.20. The van der Waals surface area contributed by atoms with Gasteiger partial charge in [-0.3, -0.25) is 0 Å². The van der Waals surface area contributed by atoms with Crippen LogP contribution >= 0.6 is 0 Å². The Hall–Kier alpha value is 0.394. The van der Waals surface area contributed by atoms with Crippen molar-refractivity contribution in [2.45, 2.75) is 53.6 Å². The first-order chi connectivity index (χ1) is 5.71. The molecule has 0 rings (SSSR count). The van der Waals surface area contributed by atoms with E-state index in [0.29, 0.717) is 10.8 Å². The molecule has 0 aromatic heterocycles. The molecule has 0 N–H and O–H groups in total. The molecule has 0 fully saturated rings. The number of hydrogen-bond acceptors (Lipinski definition) is 1. The van der Waals surface area contributed by atoms with E-state index in [1.165, 1.54) is 12.1 Å². The zero-order chi connectivity index (χ0) is 10.5. The van der Waals surface area contributed by atoms with Crippen LogP contribution in [-0.4, -0.2) is 19.5 Å². The first-order valence-corrected chi connectivity index (χ1v) is 8.44. The van der Waals surface area contributed by atoms with Gasteiger partial charge in [-0.15, -0.1) is 0 Å². The van der Waals surface area contributed by atoms with Crippen molar-refractivity contribution in [3.8, 4) is 0 Å². The van der Waals surface area contributed by atoms with Gasteiger partial charge in [0.1, 0.15) is 19.5 Å². The van der Waals surface area contributed by atoms with Crippen molar-refractivity contribution in [2.24, 2.45) is 10.8 Å². The summed E-state index contributed by atoms with van der Waals surface area (Å²) in [5.41, 5.74) is 0.977. The van der Waals surface area contributed by atoms with Gasteiger partial charge in [0.25, 0.3) is 0 Å². The molecule has 80 valence electrons. The molecule has 0 saturated heterocycles. The van der Waals surface area contributed by atoms with Gasteiger partial charge in [-0.1, -0.05) is 41.5 Å². The van der Waals surface area contributed by atoms with Crippen LogP contribution in [-0.2, 0) is 4.12 Å². The van der Waals surface area contributed by atoms with Crippen molar-refractivity contribution in [3.05, 3.63) is 0 Å². The van der Waals surface area contributed by atoms with Crippen LogP contribution in [0.4, 0.5) is 0 Å². The third-order valence-corrected chi connectivity index (χ3v) is 7.71. The van der Waals surface area contributed by atoms with E-state index in [-0.39, 0.29) is 19.5 Å². The molecule has 0 saturated carbocycles. The summed E-state index contributed by atoms with van der Waals surface area (Å²) in [5, 5.41) is 0. The van der Waals surface area contributed by atoms with Crippen molar-refractivity contribution < 1.29 is 4.12 Å². The maximum atomic E-state index is 5.86. The molecule has 0 radical (unpaired) electrons. The summed E-state index contributed by atoms with van der Waals surface area (Å²) in [6, 6.07) is 2.65. The molecule has 0 aliphatic carbocycles. The first kappa shape index (κ1) is 13.4. The van der Waals surface area contributed by atoms with E-state index in [1.807, 2.05) is 0 Å². The van der Waals surface area contributed by atoms with Crippen LogP contribution in [0, 0.1) is 10.8 Å². The predicted octanol–water partition coefficient (Wildman–Crippen LogP) is 2.10. The van der Waals surface area contributed by atoms with Crippen molar-refractivity contribution in [1.29, 1.82) is 0 Å². The second-order valence-corrected chi connectivity index (χ2v) is 9.68. The van der Waals surface area contributed by atoms with Gasteiger partial charge in [-0.05, 0) is 22.9 Å². The van der Waals surface area contributed by atoms with Gasteiger partial charge in [0.15, 0.2) is 0 Å². The average Bonchev–Trinajstić information content (AvgIpc) is 1.81. The monoisotopic (exact) mass is 218 g/mol. The summed E-state index contributed by atoms with van der Waals surface area (Å²) >= 11 is 0. The molecule has 0 aliphatic rings. The van der Waals surface area contributed by atoms with E-state index >= 15 is 0 Å². The molecule has 1 nitrogen and oxygen atoms in total.